The van der Waals surface area contributed by atoms with Crippen LogP contribution in [0.15, 0.2) is 89.9 Å². The lowest BCUT2D eigenvalue weighted by molar-refractivity contribution is -0.0324. The number of rotatable bonds is 10. The minimum Gasteiger partial charge on any atom is -0.483 e. The van der Waals surface area contributed by atoms with Crippen LogP contribution in [0.5, 0.6) is 5.75 Å². The first-order valence-electron chi connectivity index (χ1n) is 14.8. The SMILES string of the molecule is CN1C[C@]2(C[C@H](COCc3ccccc3)C2)n2cc(C(=O)NCc3cccc(Cl)c3F)c(=O)c(OCc3ccccc3)c2C1=O. The third kappa shape index (κ3) is 6.23. The molecule has 0 saturated heterocycles. The number of pyridine rings is 1. The fourth-order valence-corrected chi connectivity index (χ4v) is 6.49. The molecule has 1 aliphatic heterocycles. The number of aromatic nitrogens is 1. The van der Waals surface area contributed by atoms with Gasteiger partial charge in [0.15, 0.2) is 11.4 Å². The number of nitrogens with zero attached hydrogens (tertiary/aromatic N) is 2. The van der Waals surface area contributed by atoms with Crippen molar-refractivity contribution in [2.75, 3.05) is 20.2 Å². The molecule has 8 nitrogen and oxygen atoms in total. The number of hydrogen-bond donors (Lipinski definition) is 1. The van der Waals surface area contributed by atoms with Crippen LogP contribution in [-0.2, 0) is 30.0 Å². The Morgan fingerprint density at radius 1 is 0.978 bits per heavy atom. The maximum absolute atomic E-state index is 14.5. The number of fused-ring (bicyclic) bond motifs is 2. The van der Waals surface area contributed by atoms with Crippen LogP contribution in [0.2, 0.25) is 5.02 Å². The number of nitrogens with one attached hydrogen (secondary N) is 1. The van der Waals surface area contributed by atoms with E-state index in [4.69, 9.17) is 21.1 Å². The third-order valence-corrected chi connectivity index (χ3v) is 8.79. The Hall–Kier alpha value is -4.47. The van der Waals surface area contributed by atoms with E-state index in [9.17, 15) is 18.8 Å². The van der Waals surface area contributed by atoms with Crippen LogP contribution in [-0.4, -0.2) is 41.5 Å². The summed E-state index contributed by atoms with van der Waals surface area (Å²) < 4.78 is 28.4. The lowest BCUT2D eigenvalue weighted by Gasteiger charge is -2.54. The van der Waals surface area contributed by atoms with Crippen molar-refractivity contribution in [1.82, 2.24) is 14.8 Å². The number of likely N-dealkylation sites (N-methyl/N-ethyl adjacent to an activating group) is 1. The van der Waals surface area contributed by atoms with Gasteiger partial charge in [0.1, 0.15) is 18.0 Å². The summed E-state index contributed by atoms with van der Waals surface area (Å²) in [4.78, 5) is 42.6. The standard InChI is InChI=1S/C35H33ClFN3O5/c1-39-22-35(15-25(16-35)20-44-19-23-9-4-2-5-10-23)40-18-27(33(42)38-17-26-13-8-14-28(36)29(26)37)31(41)32(30(40)34(39)43)45-21-24-11-6-3-7-12-24/h2-14,18,25H,15-17,19-22H2,1H3,(H,38,42)/t25-,35+. The number of halogens is 2. The molecule has 2 amide bonds. The monoisotopic (exact) mass is 629 g/mol. The summed E-state index contributed by atoms with van der Waals surface area (Å²) in [5.74, 6) is -1.67. The van der Waals surface area contributed by atoms with E-state index in [1.54, 1.807) is 22.6 Å². The molecule has 0 bridgehead atoms. The molecule has 1 spiro atoms. The van der Waals surface area contributed by atoms with Crippen molar-refractivity contribution < 1.29 is 23.5 Å². The highest BCUT2D eigenvalue weighted by Crippen LogP contribution is 2.48. The smallest absolute Gasteiger partial charge is 0.274 e. The highest BCUT2D eigenvalue weighted by Gasteiger charge is 2.52. The zero-order valence-corrected chi connectivity index (χ0v) is 25.6. The molecule has 1 aromatic heterocycles. The average Bonchev–Trinajstić information content (AvgIpc) is 3.03. The first-order chi connectivity index (χ1) is 21.8. The van der Waals surface area contributed by atoms with Crippen LogP contribution in [0.25, 0.3) is 0 Å². The van der Waals surface area contributed by atoms with Gasteiger partial charge in [-0.05, 0) is 36.0 Å². The Morgan fingerprint density at radius 2 is 1.64 bits per heavy atom. The van der Waals surface area contributed by atoms with Crippen molar-refractivity contribution in [2.45, 2.75) is 38.1 Å². The molecule has 2 aliphatic rings. The Morgan fingerprint density at radius 3 is 2.33 bits per heavy atom. The first kappa shape index (κ1) is 30.6. The molecule has 10 heteroatoms. The van der Waals surface area contributed by atoms with Gasteiger partial charge < -0.3 is 24.3 Å². The summed E-state index contributed by atoms with van der Waals surface area (Å²) in [6.45, 7) is 1.30. The van der Waals surface area contributed by atoms with E-state index in [1.165, 1.54) is 18.3 Å². The quantitative estimate of drug-likeness (QED) is 0.248. The third-order valence-electron chi connectivity index (χ3n) is 8.50. The van der Waals surface area contributed by atoms with Crippen molar-refractivity contribution in [3.05, 3.63) is 134 Å². The number of hydrogen-bond acceptors (Lipinski definition) is 5. The second-order valence-corrected chi connectivity index (χ2v) is 12.2. The Kier molecular flexibility index (Phi) is 8.74. The molecule has 0 unspecified atom stereocenters. The summed E-state index contributed by atoms with van der Waals surface area (Å²) >= 11 is 5.91. The number of benzene rings is 3. The number of ether oxygens (including phenoxy) is 2. The predicted octanol–water partition coefficient (Wildman–Crippen LogP) is 5.56. The van der Waals surface area contributed by atoms with E-state index in [2.05, 4.69) is 5.32 Å². The lowest BCUT2D eigenvalue weighted by Crippen LogP contribution is -2.60. The summed E-state index contributed by atoms with van der Waals surface area (Å²) in [7, 11) is 1.71. The summed E-state index contributed by atoms with van der Waals surface area (Å²) in [6, 6.07) is 23.7. The van der Waals surface area contributed by atoms with Crippen LogP contribution in [0.4, 0.5) is 4.39 Å². The molecule has 1 N–H and O–H groups in total. The average molecular weight is 630 g/mol. The second-order valence-electron chi connectivity index (χ2n) is 11.8. The molecule has 1 aliphatic carbocycles. The van der Waals surface area contributed by atoms with Gasteiger partial charge in [-0.2, -0.15) is 0 Å². The van der Waals surface area contributed by atoms with Crippen molar-refractivity contribution in [3.8, 4) is 5.75 Å². The molecule has 232 valence electrons. The van der Waals surface area contributed by atoms with E-state index in [0.29, 0.717) is 32.6 Å². The number of carbonyl (C=O) groups excluding carboxylic acids is 2. The van der Waals surface area contributed by atoms with Crippen molar-refractivity contribution in [1.29, 1.82) is 0 Å². The van der Waals surface area contributed by atoms with E-state index in [1.807, 2.05) is 60.7 Å². The van der Waals surface area contributed by atoms with E-state index in [-0.39, 0.29) is 52.6 Å². The van der Waals surface area contributed by atoms with Gasteiger partial charge >= 0.3 is 0 Å². The zero-order chi connectivity index (χ0) is 31.6. The van der Waals surface area contributed by atoms with Crippen molar-refractivity contribution in [3.63, 3.8) is 0 Å². The van der Waals surface area contributed by atoms with Gasteiger partial charge in [0, 0.05) is 31.9 Å². The summed E-state index contributed by atoms with van der Waals surface area (Å²) in [5.41, 5.74) is 0.738. The molecular formula is C35H33ClFN3O5. The molecule has 2 heterocycles. The molecule has 1 saturated carbocycles. The number of amides is 2. The van der Waals surface area contributed by atoms with Gasteiger partial charge in [0.2, 0.25) is 5.43 Å². The van der Waals surface area contributed by atoms with Crippen LogP contribution < -0.4 is 15.5 Å². The van der Waals surface area contributed by atoms with Crippen LogP contribution in [0.1, 0.15) is 50.4 Å². The van der Waals surface area contributed by atoms with Gasteiger partial charge in [0.05, 0.1) is 23.8 Å². The predicted molar refractivity (Wildman–Crippen MR) is 168 cm³/mol. The highest BCUT2D eigenvalue weighted by atomic mass is 35.5. The topological polar surface area (TPSA) is 89.9 Å². The van der Waals surface area contributed by atoms with Gasteiger partial charge in [-0.1, -0.05) is 84.4 Å². The molecule has 3 aromatic carbocycles. The van der Waals surface area contributed by atoms with Gasteiger partial charge in [-0.3, -0.25) is 14.4 Å². The normalized spacial score (nSPS) is 18.8. The van der Waals surface area contributed by atoms with Crippen LogP contribution >= 0.6 is 11.6 Å². The molecule has 1 fully saturated rings. The largest absolute Gasteiger partial charge is 0.483 e. The maximum atomic E-state index is 14.5. The first-order valence-corrected chi connectivity index (χ1v) is 15.2. The summed E-state index contributed by atoms with van der Waals surface area (Å²) in [5, 5.41) is 2.58. The van der Waals surface area contributed by atoms with Crippen molar-refractivity contribution in [2.24, 2.45) is 5.92 Å². The van der Waals surface area contributed by atoms with Crippen LogP contribution in [0, 0.1) is 11.7 Å². The maximum Gasteiger partial charge on any atom is 0.274 e. The Labute approximate surface area is 265 Å². The molecule has 0 radical (unpaired) electrons. The molecule has 0 atom stereocenters. The molecule has 4 aromatic rings. The minimum absolute atomic E-state index is 0.0296. The molecule has 6 rings (SSSR count). The zero-order valence-electron chi connectivity index (χ0n) is 24.8. The second kappa shape index (κ2) is 12.9. The Bertz CT molecular complexity index is 1770. The fourth-order valence-electron chi connectivity index (χ4n) is 6.29. The minimum atomic E-state index is -0.706. The Balaban J connectivity index is 1.31. The molecule has 45 heavy (non-hydrogen) atoms. The van der Waals surface area contributed by atoms with Gasteiger partial charge in [-0.25, -0.2) is 4.39 Å². The fraction of sp³-hybridized carbons (Fsp3) is 0.286. The highest BCUT2D eigenvalue weighted by molar-refractivity contribution is 6.30. The van der Waals surface area contributed by atoms with E-state index >= 15 is 0 Å². The van der Waals surface area contributed by atoms with E-state index < -0.39 is 22.7 Å². The lowest BCUT2D eigenvalue weighted by atomic mass is 9.67. The summed E-state index contributed by atoms with van der Waals surface area (Å²) in [6.07, 6.45) is 2.83. The van der Waals surface area contributed by atoms with E-state index in [0.717, 1.165) is 11.1 Å². The van der Waals surface area contributed by atoms with Gasteiger partial charge in [0.25, 0.3) is 11.8 Å². The molecular weight excluding hydrogens is 597 g/mol. The van der Waals surface area contributed by atoms with Crippen LogP contribution in [0.3, 0.4) is 0 Å². The number of carbonyl (C=O) groups is 2. The van der Waals surface area contributed by atoms with Gasteiger partial charge in [-0.15, -0.1) is 0 Å². The van der Waals surface area contributed by atoms with Crippen molar-refractivity contribution >= 4 is 23.4 Å².